The van der Waals surface area contributed by atoms with Crippen LogP contribution in [0.5, 0.6) is 0 Å². The number of nitrogens with one attached hydrogen (secondary N) is 1. The van der Waals surface area contributed by atoms with Gasteiger partial charge in [-0.05, 0) is 44.9 Å². The fourth-order valence-electron chi connectivity index (χ4n) is 9.62. The first-order chi connectivity index (χ1) is 33.0. The predicted molar refractivity (Wildman–Crippen MR) is 292 cm³/mol. The van der Waals surface area contributed by atoms with Crippen molar-refractivity contribution >= 4 is 11.9 Å². The summed E-state index contributed by atoms with van der Waals surface area (Å²) in [6.07, 6.45) is 67.9. The Morgan fingerprint density at radius 3 is 1.10 bits per heavy atom. The molecule has 0 aromatic heterocycles. The zero-order valence-electron chi connectivity index (χ0n) is 45.4. The number of hydrogen-bond donors (Lipinski definition) is 3. The summed E-state index contributed by atoms with van der Waals surface area (Å²) in [7, 11) is 0. The zero-order chi connectivity index (χ0) is 48.6. The first kappa shape index (κ1) is 65.6. The number of unbranched alkanes of at least 4 members (excludes halogenated alkanes) is 44. The number of amides is 1. The molecule has 67 heavy (non-hydrogen) atoms. The minimum Gasteiger partial charge on any atom is -0.466 e. The molecule has 3 N–H and O–H groups in total. The van der Waals surface area contributed by atoms with Crippen LogP contribution in [0.2, 0.25) is 0 Å². The fourth-order valence-corrected chi connectivity index (χ4v) is 9.62. The van der Waals surface area contributed by atoms with Gasteiger partial charge in [0.1, 0.15) is 0 Å². The minimum atomic E-state index is -0.664. The van der Waals surface area contributed by atoms with Crippen LogP contribution in [0.15, 0.2) is 12.2 Å². The van der Waals surface area contributed by atoms with Crippen molar-refractivity contribution in [2.24, 2.45) is 0 Å². The van der Waals surface area contributed by atoms with Crippen LogP contribution in [0.25, 0.3) is 0 Å². The summed E-state index contributed by atoms with van der Waals surface area (Å²) in [6.45, 7) is 4.94. The zero-order valence-corrected chi connectivity index (χ0v) is 45.4. The molecular weight excluding hydrogens is 827 g/mol. The highest BCUT2D eigenvalue weighted by atomic mass is 16.5. The lowest BCUT2D eigenvalue weighted by Gasteiger charge is -2.22. The van der Waals surface area contributed by atoms with E-state index in [1.165, 1.54) is 263 Å². The minimum absolute atomic E-state index is 0.00277. The van der Waals surface area contributed by atoms with E-state index in [0.717, 1.165) is 44.9 Å². The Bertz CT molecular complexity index is 1000. The molecule has 6 heteroatoms. The molecule has 0 rings (SSSR count). The topological polar surface area (TPSA) is 95.9 Å². The first-order valence-corrected chi connectivity index (χ1v) is 30.4. The van der Waals surface area contributed by atoms with Crippen LogP contribution >= 0.6 is 0 Å². The predicted octanol–water partition coefficient (Wildman–Crippen LogP) is 18.9. The summed E-state index contributed by atoms with van der Waals surface area (Å²) < 4.78 is 5.46. The Labute approximate surface area is 419 Å². The number of rotatable bonds is 57. The van der Waals surface area contributed by atoms with Gasteiger partial charge in [0.2, 0.25) is 5.91 Å². The molecule has 0 bridgehead atoms. The molecule has 0 spiro atoms. The Balaban J connectivity index is 3.38. The number of allylic oxidation sites excluding steroid dienone is 2. The number of aliphatic hydroxyl groups is 2. The summed E-state index contributed by atoms with van der Waals surface area (Å²) in [6, 6.07) is -0.541. The molecule has 0 aromatic rings. The number of carbonyl (C=O) groups is 2. The Morgan fingerprint density at radius 1 is 0.403 bits per heavy atom. The SMILES string of the molecule is CCCC/C=C\CCCCCCCC(=O)OCCCCCCCCCCCCCCCCCCCCCCCCC(=O)NC(CO)C(O)CCCCCCCCCCCCCCCCCCC. The Morgan fingerprint density at radius 2 is 0.716 bits per heavy atom. The van der Waals surface area contributed by atoms with Crippen molar-refractivity contribution in [2.45, 2.75) is 353 Å². The second kappa shape index (κ2) is 57.2. The van der Waals surface area contributed by atoms with Crippen molar-refractivity contribution in [3.05, 3.63) is 12.2 Å². The van der Waals surface area contributed by atoms with E-state index in [1.54, 1.807) is 0 Å². The molecular formula is C61H119NO5. The maximum Gasteiger partial charge on any atom is 0.305 e. The summed E-state index contributed by atoms with van der Waals surface area (Å²) in [4.78, 5) is 24.5. The average Bonchev–Trinajstić information content (AvgIpc) is 3.33. The molecule has 0 fully saturated rings. The molecule has 0 aromatic carbocycles. The van der Waals surface area contributed by atoms with E-state index in [0.29, 0.717) is 25.9 Å². The third kappa shape index (κ3) is 53.8. The maximum absolute atomic E-state index is 12.5. The highest BCUT2D eigenvalue weighted by molar-refractivity contribution is 5.76. The molecule has 0 saturated carbocycles. The van der Waals surface area contributed by atoms with Gasteiger partial charge in [0.05, 0.1) is 25.4 Å². The number of aliphatic hydroxyl groups excluding tert-OH is 2. The quantitative estimate of drug-likeness (QED) is 0.0321. The molecule has 0 saturated heterocycles. The van der Waals surface area contributed by atoms with Crippen molar-refractivity contribution in [3.63, 3.8) is 0 Å². The van der Waals surface area contributed by atoms with Gasteiger partial charge < -0.3 is 20.3 Å². The molecule has 0 radical (unpaired) electrons. The molecule has 0 aliphatic heterocycles. The molecule has 0 aliphatic carbocycles. The summed E-state index contributed by atoms with van der Waals surface area (Å²) in [5, 5.41) is 23.3. The van der Waals surface area contributed by atoms with Gasteiger partial charge in [-0.15, -0.1) is 0 Å². The van der Waals surface area contributed by atoms with E-state index in [-0.39, 0.29) is 18.5 Å². The van der Waals surface area contributed by atoms with Crippen molar-refractivity contribution in [3.8, 4) is 0 Å². The lowest BCUT2D eigenvalue weighted by Crippen LogP contribution is -2.45. The van der Waals surface area contributed by atoms with E-state index in [1.807, 2.05) is 0 Å². The van der Waals surface area contributed by atoms with E-state index in [2.05, 4.69) is 31.3 Å². The number of hydrogen-bond acceptors (Lipinski definition) is 5. The first-order valence-electron chi connectivity index (χ1n) is 30.4. The van der Waals surface area contributed by atoms with Gasteiger partial charge in [0.25, 0.3) is 0 Å². The van der Waals surface area contributed by atoms with Crippen LogP contribution in [0.3, 0.4) is 0 Å². The third-order valence-corrected chi connectivity index (χ3v) is 14.3. The Hall–Kier alpha value is -1.40. The van der Waals surface area contributed by atoms with Crippen molar-refractivity contribution in [1.29, 1.82) is 0 Å². The average molecular weight is 947 g/mol. The second-order valence-electron chi connectivity index (χ2n) is 21.0. The van der Waals surface area contributed by atoms with E-state index < -0.39 is 12.1 Å². The van der Waals surface area contributed by atoms with Gasteiger partial charge in [-0.3, -0.25) is 9.59 Å². The van der Waals surface area contributed by atoms with Gasteiger partial charge >= 0.3 is 5.97 Å². The summed E-state index contributed by atoms with van der Waals surface area (Å²) >= 11 is 0. The highest BCUT2D eigenvalue weighted by Gasteiger charge is 2.20. The smallest absolute Gasteiger partial charge is 0.305 e. The lowest BCUT2D eigenvalue weighted by atomic mass is 10.0. The standard InChI is InChI=1S/C61H119NO5/c1-3-5-7-9-11-13-15-16-17-24-27-30-34-37-41-45-49-53-59(64)58(57-63)62-60(65)54-50-46-42-38-35-31-28-25-22-20-18-19-21-23-26-29-32-36-40-44-48-52-56-67-61(66)55-51-47-43-39-33-14-12-10-8-6-4-2/h10,12,58-59,63-64H,3-9,11,13-57H2,1-2H3,(H,62,65)/b12-10-. The number of esters is 1. The molecule has 2 atom stereocenters. The normalized spacial score (nSPS) is 12.6. The largest absolute Gasteiger partial charge is 0.466 e. The van der Waals surface area contributed by atoms with Crippen LogP contribution in [0, 0.1) is 0 Å². The van der Waals surface area contributed by atoms with Crippen LogP contribution < -0.4 is 5.32 Å². The van der Waals surface area contributed by atoms with Gasteiger partial charge in [0.15, 0.2) is 0 Å². The molecule has 0 aliphatic rings. The molecule has 0 heterocycles. The number of carbonyl (C=O) groups excluding carboxylic acids is 2. The third-order valence-electron chi connectivity index (χ3n) is 14.3. The fraction of sp³-hybridized carbons (Fsp3) is 0.934. The monoisotopic (exact) mass is 946 g/mol. The van der Waals surface area contributed by atoms with Crippen LogP contribution in [0.1, 0.15) is 341 Å². The van der Waals surface area contributed by atoms with E-state index >= 15 is 0 Å². The highest BCUT2D eigenvalue weighted by Crippen LogP contribution is 2.18. The van der Waals surface area contributed by atoms with Crippen LogP contribution in [0.4, 0.5) is 0 Å². The molecule has 398 valence electrons. The van der Waals surface area contributed by atoms with E-state index in [9.17, 15) is 19.8 Å². The molecule has 1 amide bonds. The number of ether oxygens (including phenoxy) is 1. The summed E-state index contributed by atoms with van der Waals surface area (Å²) in [5.41, 5.74) is 0. The maximum atomic E-state index is 12.5. The molecule has 2 unspecified atom stereocenters. The van der Waals surface area contributed by atoms with Crippen molar-refractivity contribution < 1.29 is 24.5 Å². The van der Waals surface area contributed by atoms with Crippen LogP contribution in [-0.2, 0) is 14.3 Å². The second-order valence-corrected chi connectivity index (χ2v) is 21.0. The lowest BCUT2D eigenvalue weighted by molar-refractivity contribution is -0.143. The van der Waals surface area contributed by atoms with Crippen molar-refractivity contribution in [2.75, 3.05) is 13.2 Å². The summed E-state index contributed by atoms with van der Waals surface area (Å²) in [5.74, 6) is -0.0295. The van der Waals surface area contributed by atoms with Gasteiger partial charge in [-0.1, -0.05) is 296 Å². The molecule has 6 nitrogen and oxygen atoms in total. The Kier molecular flexibility index (Phi) is 56.0. The van der Waals surface area contributed by atoms with Crippen LogP contribution in [-0.4, -0.2) is 47.4 Å². The van der Waals surface area contributed by atoms with Gasteiger partial charge in [0, 0.05) is 12.8 Å². The van der Waals surface area contributed by atoms with E-state index in [4.69, 9.17) is 4.74 Å². The van der Waals surface area contributed by atoms with Crippen molar-refractivity contribution in [1.82, 2.24) is 5.32 Å². The van der Waals surface area contributed by atoms with Gasteiger partial charge in [-0.25, -0.2) is 0 Å². The van der Waals surface area contributed by atoms with Gasteiger partial charge in [-0.2, -0.15) is 0 Å².